The van der Waals surface area contributed by atoms with Crippen molar-refractivity contribution >= 4 is 15.9 Å². The quantitative estimate of drug-likeness (QED) is 0.555. The lowest BCUT2D eigenvalue weighted by Gasteiger charge is -1.79. The van der Waals surface area contributed by atoms with Crippen LogP contribution in [0.15, 0.2) is 12.4 Å². The Bertz CT molecular complexity index is 184. The Morgan fingerprint density at radius 2 is 2.44 bits per heavy atom. The van der Waals surface area contributed by atoms with Crippen LogP contribution in [0.2, 0.25) is 0 Å². The maximum absolute atomic E-state index is 9.97. The number of aromatic amines is 1. The minimum absolute atomic E-state index is 0. The predicted molar refractivity (Wildman–Crippen MR) is 36.7 cm³/mol. The molecule has 0 fully saturated rings. The Balaban J connectivity index is 0.000000640. The minimum Gasteiger partial charge on any atom is -0.475 e. The fourth-order valence-corrected chi connectivity index (χ4v) is 0.382. The van der Waals surface area contributed by atoms with E-state index in [1.807, 2.05) is 0 Å². The zero-order valence-electron chi connectivity index (χ0n) is 4.66. The van der Waals surface area contributed by atoms with Crippen LogP contribution < -0.4 is 0 Å². The maximum Gasteiger partial charge on any atom is 0.371 e. The standard InChI is InChI=1S/C4H4N2O2.H3P/c7-4(8)3-5-1-2-6-3;/h1-2H,(H,5,6)(H,7,8);1H3. The number of imidazole rings is 1. The van der Waals surface area contributed by atoms with Crippen molar-refractivity contribution in [2.24, 2.45) is 0 Å². The Kier molecular flexibility index (Phi) is 2.88. The summed E-state index contributed by atoms with van der Waals surface area (Å²) in [5, 5.41) is 8.18. The van der Waals surface area contributed by atoms with E-state index in [0.717, 1.165) is 0 Å². The number of hydrogen-bond donors (Lipinski definition) is 2. The van der Waals surface area contributed by atoms with E-state index in [-0.39, 0.29) is 15.7 Å². The first kappa shape index (κ1) is 8.11. The van der Waals surface area contributed by atoms with Crippen molar-refractivity contribution in [3.05, 3.63) is 18.2 Å². The lowest BCUT2D eigenvalue weighted by Crippen LogP contribution is -1.97. The first-order chi connectivity index (χ1) is 3.80. The van der Waals surface area contributed by atoms with Gasteiger partial charge in [-0.1, -0.05) is 0 Å². The predicted octanol–water partition coefficient (Wildman–Crippen LogP) is 0.166. The van der Waals surface area contributed by atoms with Crippen LogP contribution >= 0.6 is 9.90 Å². The van der Waals surface area contributed by atoms with Gasteiger partial charge in [-0.25, -0.2) is 9.78 Å². The number of hydrogen-bond acceptors (Lipinski definition) is 2. The summed E-state index contributed by atoms with van der Waals surface area (Å²) in [6.07, 6.45) is 2.85. The van der Waals surface area contributed by atoms with Gasteiger partial charge in [-0.3, -0.25) is 0 Å². The summed E-state index contributed by atoms with van der Waals surface area (Å²) in [6, 6.07) is 0. The SMILES string of the molecule is O=C(O)c1ncc[nH]1.P. The molecular formula is C4H7N2O2P. The van der Waals surface area contributed by atoms with Crippen LogP contribution in [-0.4, -0.2) is 21.0 Å². The van der Waals surface area contributed by atoms with E-state index >= 15 is 0 Å². The highest BCUT2D eigenvalue weighted by Gasteiger charge is 2.00. The van der Waals surface area contributed by atoms with Crippen molar-refractivity contribution in [1.29, 1.82) is 0 Å². The van der Waals surface area contributed by atoms with Crippen molar-refractivity contribution in [3.8, 4) is 0 Å². The van der Waals surface area contributed by atoms with E-state index in [2.05, 4.69) is 9.97 Å². The molecule has 50 valence electrons. The van der Waals surface area contributed by atoms with Crippen molar-refractivity contribution in [2.75, 3.05) is 0 Å². The Morgan fingerprint density at radius 3 is 2.67 bits per heavy atom. The molecule has 0 aromatic carbocycles. The highest BCUT2D eigenvalue weighted by Crippen LogP contribution is 1.84. The summed E-state index contributed by atoms with van der Waals surface area (Å²) in [4.78, 5) is 15.9. The van der Waals surface area contributed by atoms with E-state index in [1.165, 1.54) is 12.4 Å². The van der Waals surface area contributed by atoms with Gasteiger partial charge in [0.1, 0.15) is 0 Å². The Hall–Kier alpha value is -0.890. The summed E-state index contributed by atoms with van der Waals surface area (Å²) in [5.41, 5.74) is 0. The third-order valence-electron chi connectivity index (χ3n) is 0.701. The molecule has 1 atom stereocenters. The highest BCUT2D eigenvalue weighted by molar-refractivity contribution is 6.92. The molecule has 0 aliphatic rings. The lowest BCUT2D eigenvalue weighted by molar-refractivity contribution is 0.0685. The van der Waals surface area contributed by atoms with Crippen LogP contribution in [0.4, 0.5) is 0 Å². The van der Waals surface area contributed by atoms with Gasteiger partial charge < -0.3 is 10.1 Å². The van der Waals surface area contributed by atoms with Gasteiger partial charge in [0.05, 0.1) is 0 Å². The van der Waals surface area contributed by atoms with E-state index in [9.17, 15) is 4.79 Å². The van der Waals surface area contributed by atoms with Gasteiger partial charge in [-0.15, -0.1) is 0 Å². The second kappa shape index (κ2) is 3.20. The molecule has 0 saturated heterocycles. The normalized spacial score (nSPS) is 8.00. The number of nitrogens with zero attached hydrogens (tertiary/aromatic N) is 1. The molecule has 0 aliphatic carbocycles. The number of nitrogens with one attached hydrogen (secondary N) is 1. The number of H-pyrrole nitrogens is 1. The van der Waals surface area contributed by atoms with Gasteiger partial charge in [-0.2, -0.15) is 9.90 Å². The van der Waals surface area contributed by atoms with Crippen LogP contribution in [-0.2, 0) is 0 Å². The number of rotatable bonds is 1. The molecule has 2 N–H and O–H groups in total. The molecule has 0 spiro atoms. The molecule has 1 rings (SSSR count). The van der Waals surface area contributed by atoms with Crippen molar-refractivity contribution in [2.45, 2.75) is 0 Å². The number of aromatic carboxylic acids is 1. The molecule has 1 aromatic rings. The third kappa shape index (κ3) is 1.82. The average molecular weight is 146 g/mol. The van der Waals surface area contributed by atoms with E-state index in [0.29, 0.717) is 0 Å². The van der Waals surface area contributed by atoms with Crippen LogP contribution in [0, 0.1) is 0 Å². The molecule has 4 nitrogen and oxygen atoms in total. The maximum atomic E-state index is 9.97. The molecule has 1 unspecified atom stereocenters. The number of carboxylic acids is 1. The topological polar surface area (TPSA) is 66.0 Å². The second-order valence-electron chi connectivity index (χ2n) is 1.24. The molecule has 9 heavy (non-hydrogen) atoms. The molecule has 0 radical (unpaired) electrons. The van der Waals surface area contributed by atoms with Crippen molar-refractivity contribution in [3.63, 3.8) is 0 Å². The Morgan fingerprint density at radius 1 is 1.78 bits per heavy atom. The molecule has 1 heterocycles. The summed E-state index contributed by atoms with van der Waals surface area (Å²) in [5.74, 6) is -1.06. The molecule has 0 aliphatic heterocycles. The molecular weight excluding hydrogens is 139 g/mol. The molecule has 5 heteroatoms. The van der Waals surface area contributed by atoms with Crippen LogP contribution in [0.5, 0.6) is 0 Å². The molecule has 0 amide bonds. The van der Waals surface area contributed by atoms with E-state index < -0.39 is 5.97 Å². The van der Waals surface area contributed by atoms with E-state index in [1.54, 1.807) is 0 Å². The zero-order valence-corrected chi connectivity index (χ0v) is 6.08. The molecule has 0 saturated carbocycles. The van der Waals surface area contributed by atoms with Crippen molar-refractivity contribution in [1.82, 2.24) is 9.97 Å². The monoisotopic (exact) mass is 146 g/mol. The van der Waals surface area contributed by atoms with E-state index in [4.69, 9.17) is 5.11 Å². The first-order valence-electron chi connectivity index (χ1n) is 2.03. The Labute approximate surface area is 54.9 Å². The molecule has 0 bridgehead atoms. The first-order valence-corrected chi connectivity index (χ1v) is 2.03. The molecule has 1 aromatic heterocycles. The largest absolute Gasteiger partial charge is 0.475 e. The summed E-state index contributed by atoms with van der Waals surface area (Å²) >= 11 is 0. The smallest absolute Gasteiger partial charge is 0.371 e. The third-order valence-corrected chi connectivity index (χ3v) is 0.701. The second-order valence-corrected chi connectivity index (χ2v) is 1.24. The number of carboxylic acid groups (broad SMARTS) is 1. The number of carbonyl (C=O) groups is 1. The fourth-order valence-electron chi connectivity index (χ4n) is 0.382. The van der Waals surface area contributed by atoms with Crippen LogP contribution in [0.25, 0.3) is 0 Å². The van der Waals surface area contributed by atoms with Gasteiger partial charge in [-0.05, 0) is 0 Å². The summed E-state index contributed by atoms with van der Waals surface area (Å²) in [6.45, 7) is 0. The minimum atomic E-state index is -1.03. The highest BCUT2D eigenvalue weighted by atomic mass is 31.0. The van der Waals surface area contributed by atoms with Gasteiger partial charge in [0, 0.05) is 12.4 Å². The van der Waals surface area contributed by atoms with Crippen LogP contribution in [0.3, 0.4) is 0 Å². The van der Waals surface area contributed by atoms with Gasteiger partial charge in [0.25, 0.3) is 0 Å². The van der Waals surface area contributed by atoms with Crippen molar-refractivity contribution < 1.29 is 9.90 Å². The fraction of sp³-hybridized carbons (Fsp3) is 0. The van der Waals surface area contributed by atoms with Gasteiger partial charge in [0.15, 0.2) is 0 Å². The zero-order chi connectivity index (χ0) is 5.98. The van der Waals surface area contributed by atoms with Gasteiger partial charge in [0.2, 0.25) is 5.82 Å². The summed E-state index contributed by atoms with van der Waals surface area (Å²) in [7, 11) is 0. The summed E-state index contributed by atoms with van der Waals surface area (Å²) < 4.78 is 0. The average Bonchev–Trinajstić information content (AvgIpc) is 2.12. The lowest BCUT2D eigenvalue weighted by atomic mass is 10.7. The van der Waals surface area contributed by atoms with Crippen LogP contribution in [0.1, 0.15) is 10.6 Å². The van der Waals surface area contributed by atoms with Gasteiger partial charge >= 0.3 is 5.97 Å². The number of aromatic nitrogens is 2.